The second-order valence-electron chi connectivity index (χ2n) is 6.56. The lowest BCUT2D eigenvalue weighted by Gasteiger charge is -2.31. The Balaban J connectivity index is 1.47. The zero-order valence-corrected chi connectivity index (χ0v) is 15.2. The first kappa shape index (κ1) is 16.9. The van der Waals surface area contributed by atoms with E-state index in [4.69, 9.17) is 0 Å². The summed E-state index contributed by atoms with van der Waals surface area (Å²) in [4.78, 5) is 24.7. The zero-order chi connectivity index (χ0) is 18.1. The molecule has 1 aromatic carbocycles. The number of aromatic nitrogens is 2. The van der Waals surface area contributed by atoms with E-state index in [2.05, 4.69) is 20.2 Å². The highest BCUT2D eigenvalue weighted by atomic mass is 32.1. The van der Waals surface area contributed by atoms with Crippen LogP contribution < -0.4 is 10.2 Å². The summed E-state index contributed by atoms with van der Waals surface area (Å²) in [6, 6.07) is 8.59. The summed E-state index contributed by atoms with van der Waals surface area (Å²) >= 11 is 1.55. The number of carbonyl (C=O) groups excluding carboxylic acids is 1. The monoisotopic (exact) mass is 370 g/mol. The number of benzene rings is 1. The second-order valence-corrected chi connectivity index (χ2v) is 7.52. The third-order valence-corrected chi connectivity index (χ3v) is 5.70. The SMILES string of the molecule is Cc1ccc(NC(=O)C2CCCN(c3nc4cccnc4s3)C2)cc1F. The first-order chi connectivity index (χ1) is 12.6. The Labute approximate surface area is 154 Å². The van der Waals surface area contributed by atoms with Crippen molar-refractivity contribution in [2.24, 2.45) is 5.92 Å². The molecule has 1 atom stereocenters. The molecule has 1 fully saturated rings. The van der Waals surface area contributed by atoms with Gasteiger partial charge in [0.2, 0.25) is 5.91 Å². The average Bonchev–Trinajstić information content (AvgIpc) is 3.09. The van der Waals surface area contributed by atoms with E-state index in [1.807, 2.05) is 12.1 Å². The van der Waals surface area contributed by atoms with Crippen LogP contribution in [0.3, 0.4) is 0 Å². The number of hydrogen-bond donors (Lipinski definition) is 1. The van der Waals surface area contributed by atoms with Gasteiger partial charge >= 0.3 is 0 Å². The van der Waals surface area contributed by atoms with Gasteiger partial charge in [-0.15, -0.1) is 0 Å². The fraction of sp³-hybridized carbons (Fsp3) is 0.316. The molecule has 134 valence electrons. The molecule has 0 bridgehead atoms. The molecule has 1 aliphatic heterocycles. The molecule has 4 rings (SSSR count). The van der Waals surface area contributed by atoms with Crippen LogP contribution >= 0.6 is 11.3 Å². The molecule has 0 spiro atoms. The highest BCUT2D eigenvalue weighted by Gasteiger charge is 2.27. The van der Waals surface area contributed by atoms with Gasteiger partial charge in [-0.25, -0.2) is 14.4 Å². The van der Waals surface area contributed by atoms with E-state index in [1.165, 1.54) is 6.07 Å². The lowest BCUT2D eigenvalue weighted by molar-refractivity contribution is -0.120. The Bertz CT molecular complexity index is 925. The number of thiazole rings is 1. The van der Waals surface area contributed by atoms with Crippen LogP contribution in [-0.2, 0) is 4.79 Å². The molecule has 1 N–H and O–H groups in total. The third kappa shape index (κ3) is 3.39. The molecule has 1 amide bonds. The minimum Gasteiger partial charge on any atom is -0.347 e. The molecule has 5 nitrogen and oxygen atoms in total. The van der Waals surface area contributed by atoms with Gasteiger partial charge in [0.05, 0.1) is 5.92 Å². The fourth-order valence-electron chi connectivity index (χ4n) is 3.17. The van der Waals surface area contributed by atoms with Gasteiger partial charge in [0.25, 0.3) is 0 Å². The van der Waals surface area contributed by atoms with Crippen molar-refractivity contribution in [1.82, 2.24) is 9.97 Å². The van der Waals surface area contributed by atoms with Gasteiger partial charge in [-0.05, 0) is 49.6 Å². The second kappa shape index (κ2) is 6.99. The van der Waals surface area contributed by atoms with E-state index < -0.39 is 0 Å². The van der Waals surface area contributed by atoms with Crippen molar-refractivity contribution in [3.05, 3.63) is 47.9 Å². The smallest absolute Gasteiger partial charge is 0.229 e. The number of nitrogens with one attached hydrogen (secondary N) is 1. The molecule has 0 aliphatic carbocycles. The summed E-state index contributed by atoms with van der Waals surface area (Å²) in [6.07, 6.45) is 3.50. The van der Waals surface area contributed by atoms with E-state index in [1.54, 1.807) is 36.6 Å². The summed E-state index contributed by atoms with van der Waals surface area (Å²) < 4.78 is 13.7. The molecule has 0 radical (unpaired) electrons. The number of carbonyl (C=O) groups is 1. The number of anilines is 2. The van der Waals surface area contributed by atoms with Crippen LogP contribution in [0.1, 0.15) is 18.4 Å². The Hall–Kier alpha value is -2.54. The van der Waals surface area contributed by atoms with Gasteiger partial charge in [-0.3, -0.25) is 4.79 Å². The van der Waals surface area contributed by atoms with Gasteiger partial charge < -0.3 is 10.2 Å². The van der Waals surface area contributed by atoms with Crippen molar-refractivity contribution in [3.63, 3.8) is 0 Å². The largest absolute Gasteiger partial charge is 0.347 e. The maximum Gasteiger partial charge on any atom is 0.229 e. The summed E-state index contributed by atoms with van der Waals surface area (Å²) in [6.45, 7) is 3.19. The fourth-order valence-corrected chi connectivity index (χ4v) is 4.12. The lowest BCUT2D eigenvalue weighted by Crippen LogP contribution is -2.40. The van der Waals surface area contributed by atoms with E-state index in [-0.39, 0.29) is 17.6 Å². The summed E-state index contributed by atoms with van der Waals surface area (Å²) in [5, 5.41) is 3.74. The van der Waals surface area contributed by atoms with Crippen molar-refractivity contribution >= 4 is 38.4 Å². The highest BCUT2D eigenvalue weighted by molar-refractivity contribution is 7.21. The lowest BCUT2D eigenvalue weighted by atomic mass is 9.97. The van der Waals surface area contributed by atoms with Crippen LogP contribution in [0.4, 0.5) is 15.2 Å². The molecule has 3 aromatic rings. The number of rotatable bonds is 3. The van der Waals surface area contributed by atoms with E-state index in [0.717, 1.165) is 34.9 Å². The first-order valence-corrected chi connectivity index (χ1v) is 9.45. The van der Waals surface area contributed by atoms with Gasteiger partial charge in [0.15, 0.2) is 5.13 Å². The number of fused-ring (bicyclic) bond motifs is 1. The van der Waals surface area contributed by atoms with Gasteiger partial charge in [0, 0.05) is 25.0 Å². The molecular formula is C19H19FN4OS. The number of piperidine rings is 1. The molecule has 1 saturated heterocycles. The Morgan fingerprint density at radius 2 is 2.27 bits per heavy atom. The molecule has 7 heteroatoms. The summed E-state index contributed by atoms with van der Waals surface area (Å²) in [7, 11) is 0. The molecule has 26 heavy (non-hydrogen) atoms. The summed E-state index contributed by atoms with van der Waals surface area (Å²) in [5.74, 6) is -0.527. The van der Waals surface area contributed by atoms with Crippen LogP contribution in [0, 0.1) is 18.7 Å². The van der Waals surface area contributed by atoms with Crippen LogP contribution in [0.5, 0.6) is 0 Å². The number of pyridine rings is 1. The van der Waals surface area contributed by atoms with Crippen LogP contribution in [0.25, 0.3) is 10.3 Å². The minimum absolute atomic E-state index is 0.0720. The van der Waals surface area contributed by atoms with Crippen LogP contribution in [0.2, 0.25) is 0 Å². The average molecular weight is 370 g/mol. The quantitative estimate of drug-likeness (QED) is 0.757. The number of nitrogens with zero attached hydrogens (tertiary/aromatic N) is 3. The molecule has 1 aliphatic rings. The molecule has 0 saturated carbocycles. The van der Waals surface area contributed by atoms with Crippen molar-refractivity contribution in [1.29, 1.82) is 0 Å². The van der Waals surface area contributed by atoms with Gasteiger partial charge in [0.1, 0.15) is 16.2 Å². The zero-order valence-electron chi connectivity index (χ0n) is 14.4. The third-order valence-electron chi connectivity index (χ3n) is 4.66. The van der Waals surface area contributed by atoms with E-state index >= 15 is 0 Å². The number of hydrogen-bond acceptors (Lipinski definition) is 5. The Morgan fingerprint density at radius 1 is 1.38 bits per heavy atom. The minimum atomic E-state index is -0.310. The number of amides is 1. The maximum atomic E-state index is 13.7. The molecule has 1 unspecified atom stereocenters. The highest BCUT2D eigenvalue weighted by Crippen LogP contribution is 2.30. The molecule has 3 heterocycles. The van der Waals surface area contributed by atoms with Crippen molar-refractivity contribution in [2.45, 2.75) is 19.8 Å². The maximum absolute atomic E-state index is 13.7. The van der Waals surface area contributed by atoms with Crippen LogP contribution in [-0.4, -0.2) is 29.0 Å². The Morgan fingerprint density at radius 3 is 3.08 bits per heavy atom. The first-order valence-electron chi connectivity index (χ1n) is 8.63. The van der Waals surface area contributed by atoms with Gasteiger partial charge in [-0.1, -0.05) is 17.4 Å². The summed E-state index contributed by atoms with van der Waals surface area (Å²) in [5.41, 5.74) is 1.95. The molecular weight excluding hydrogens is 351 g/mol. The van der Waals surface area contributed by atoms with Crippen molar-refractivity contribution < 1.29 is 9.18 Å². The standard InChI is InChI=1S/C19H19FN4OS/c1-12-6-7-14(10-15(12)20)22-17(25)13-4-3-9-24(11-13)19-23-16-5-2-8-21-18(16)26-19/h2,5-8,10,13H,3-4,9,11H2,1H3,(H,22,25). The van der Waals surface area contributed by atoms with Crippen LogP contribution in [0.15, 0.2) is 36.5 Å². The van der Waals surface area contributed by atoms with Crippen molar-refractivity contribution in [3.8, 4) is 0 Å². The number of halogens is 1. The van der Waals surface area contributed by atoms with E-state index in [0.29, 0.717) is 17.8 Å². The predicted octanol–water partition coefficient (Wildman–Crippen LogP) is 3.99. The van der Waals surface area contributed by atoms with E-state index in [9.17, 15) is 9.18 Å². The topological polar surface area (TPSA) is 58.1 Å². The molecule has 2 aromatic heterocycles. The predicted molar refractivity (Wildman–Crippen MR) is 102 cm³/mol. The van der Waals surface area contributed by atoms with Crippen molar-refractivity contribution in [2.75, 3.05) is 23.3 Å². The Kier molecular flexibility index (Phi) is 4.55. The number of aryl methyl sites for hydroxylation is 1. The normalized spacial score (nSPS) is 17.5. The van der Waals surface area contributed by atoms with Gasteiger partial charge in [-0.2, -0.15) is 0 Å².